The Balaban J connectivity index is 1.77. The lowest BCUT2D eigenvalue weighted by atomic mass is 10.2. The van der Waals surface area contributed by atoms with Crippen molar-refractivity contribution < 1.29 is 13.2 Å². The van der Waals surface area contributed by atoms with E-state index >= 15 is 0 Å². The average molecular weight is 362 g/mol. The van der Waals surface area contributed by atoms with Gasteiger partial charge in [0, 0.05) is 31.7 Å². The molecule has 0 bridgehead atoms. The third kappa shape index (κ3) is 3.45. The molecule has 0 saturated carbocycles. The van der Waals surface area contributed by atoms with Gasteiger partial charge < -0.3 is 4.90 Å². The Morgan fingerprint density at radius 3 is 2.44 bits per heavy atom. The number of sulfonamides is 1. The first kappa shape index (κ1) is 17.6. The number of nitrogens with zero attached hydrogens (tertiary/aromatic N) is 3. The van der Waals surface area contributed by atoms with Crippen molar-refractivity contribution in [3.8, 4) is 0 Å². The molecule has 1 amide bonds. The number of rotatable bonds is 3. The quantitative estimate of drug-likeness (QED) is 0.898. The zero-order chi connectivity index (χ0) is 18.0. The molecule has 0 unspecified atom stereocenters. The van der Waals surface area contributed by atoms with Crippen LogP contribution in [-0.4, -0.2) is 59.9 Å². The van der Waals surface area contributed by atoms with Crippen LogP contribution in [0.1, 0.15) is 28.2 Å². The smallest absolute Gasteiger partial charge is 0.253 e. The number of amides is 1. The third-order valence-electron chi connectivity index (χ3n) is 4.42. The number of hydrogen-bond acceptors (Lipinski definition) is 4. The summed E-state index contributed by atoms with van der Waals surface area (Å²) >= 11 is 0. The minimum Gasteiger partial charge on any atom is -0.337 e. The molecule has 1 aromatic carbocycles. The number of hydrogen-bond donors (Lipinski definition) is 1. The van der Waals surface area contributed by atoms with Gasteiger partial charge in [-0.25, -0.2) is 8.42 Å². The molecule has 134 valence electrons. The predicted octanol–water partition coefficient (Wildman–Crippen LogP) is 1.56. The van der Waals surface area contributed by atoms with Crippen molar-refractivity contribution in [1.82, 2.24) is 19.4 Å². The Labute approximate surface area is 147 Å². The fourth-order valence-corrected chi connectivity index (χ4v) is 4.95. The van der Waals surface area contributed by atoms with Gasteiger partial charge in [0.1, 0.15) is 4.90 Å². The van der Waals surface area contributed by atoms with Crippen LogP contribution in [0.3, 0.4) is 0 Å². The van der Waals surface area contributed by atoms with E-state index in [1.54, 1.807) is 30.9 Å². The van der Waals surface area contributed by atoms with Gasteiger partial charge in [-0.15, -0.1) is 0 Å². The minimum absolute atomic E-state index is 0.0597. The molecule has 1 aromatic heterocycles. The number of carbonyl (C=O) groups excluding carboxylic acids is 1. The highest BCUT2D eigenvalue weighted by atomic mass is 32.2. The number of aromatic amines is 1. The highest BCUT2D eigenvalue weighted by Gasteiger charge is 2.31. The van der Waals surface area contributed by atoms with Gasteiger partial charge in [-0.3, -0.25) is 9.89 Å². The summed E-state index contributed by atoms with van der Waals surface area (Å²) in [6.45, 7) is 4.98. The van der Waals surface area contributed by atoms with Crippen LogP contribution in [0.2, 0.25) is 0 Å². The van der Waals surface area contributed by atoms with Gasteiger partial charge in [0.25, 0.3) is 5.91 Å². The molecule has 1 N–H and O–H groups in total. The molecule has 0 aliphatic carbocycles. The molecule has 0 spiro atoms. The fraction of sp³-hybridized carbons (Fsp3) is 0.412. The molecule has 1 aliphatic heterocycles. The number of carbonyl (C=O) groups is 1. The second kappa shape index (κ2) is 6.97. The topological polar surface area (TPSA) is 86.4 Å². The number of aromatic nitrogens is 2. The summed E-state index contributed by atoms with van der Waals surface area (Å²) in [6.07, 6.45) is 0.605. The molecule has 2 aromatic rings. The molecule has 25 heavy (non-hydrogen) atoms. The van der Waals surface area contributed by atoms with Crippen LogP contribution < -0.4 is 0 Å². The van der Waals surface area contributed by atoms with E-state index in [-0.39, 0.29) is 17.3 Å². The Kier molecular flexibility index (Phi) is 4.91. The summed E-state index contributed by atoms with van der Waals surface area (Å²) in [5.74, 6) is -0.0597. The zero-order valence-corrected chi connectivity index (χ0v) is 15.2. The Morgan fingerprint density at radius 1 is 1.08 bits per heavy atom. The summed E-state index contributed by atoms with van der Waals surface area (Å²) in [5.41, 5.74) is 1.64. The van der Waals surface area contributed by atoms with E-state index in [4.69, 9.17) is 0 Å². The molecule has 7 nitrogen and oxygen atoms in total. The first-order valence-corrected chi connectivity index (χ1v) is 9.71. The van der Waals surface area contributed by atoms with Gasteiger partial charge >= 0.3 is 0 Å². The third-order valence-corrected chi connectivity index (χ3v) is 6.58. The van der Waals surface area contributed by atoms with Crippen LogP contribution in [0.15, 0.2) is 35.2 Å². The van der Waals surface area contributed by atoms with Gasteiger partial charge in [0.15, 0.2) is 0 Å². The average Bonchev–Trinajstić information content (AvgIpc) is 2.81. The van der Waals surface area contributed by atoms with Crippen LogP contribution in [0.4, 0.5) is 0 Å². The van der Waals surface area contributed by atoms with E-state index in [1.165, 1.54) is 4.31 Å². The first-order chi connectivity index (χ1) is 11.9. The molecule has 8 heteroatoms. The number of aryl methyl sites for hydroxylation is 2. The summed E-state index contributed by atoms with van der Waals surface area (Å²) in [5, 5.41) is 6.71. The summed E-state index contributed by atoms with van der Waals surface area (Å²) in [6, 6.07) is 9.07. The van der Waals surface area contributed by atoms with Gasteiger partial charge in [-0.2, -0.15) is 9.40 Å². The number of nitrogens with one attached hydrogen (secondary N) is 1. The summed E-state index contributed by atoms with van der Waals surface area (Å²) in [4.78, 5) is 14.6. The Morgan fingerprint density at radius 2 is 1.80 bits per heavy atom. The molecular formula is C17H22N4O3S. The van der Waals surface area contributed by atoms with Crippen LogP contribution >= 0.6 is 0 Å². The molecule has 1 saturated heterocycles. The maximum atomic E-state index is 13.0. The van der Waals surface area contributed by atoms with Crippen molar-refractivity contribution in [2.75, 3.05) is 26.2 Å². The van der Waals surface area contributed by atoms with Gasteiger partial charge in [-0.05, 0) is 32.4 Å². The SMILES string of the molecule is Cc1n[nH]c(C)c1S(=O)(=O)N1CCCN(C(=O)c2ccccc2)CC1. The maximum Gasteiger partial charge on any atom is 0.253 e. The lowest BCUT2D eigenvalue weighted by Crippen LogP contribution is -2.37. The molecule has 2 heterocycles. The Bertz CT molecular complexity index is 842. The van der Waals surface area contributed by atoms with E-state index in [1.807, 2.05) is 18.2 Å². The number of benzene rings is 1. The first-order valence-electron chi connectivity index (χ1n) is 8.27. The summed E-state index contributed by atoms with van der Waals surface area (Å²) < 4.78 is 27.4. The molecule has 1 aliphatic rings. The predicted molar refractivity (Wildman–Crippen MR) is 93.8 cm³/mol. The molecular weight excluding hydrogens is 340 g/mol. The zero-order valence-electron chi connectivity index (χ0n) is 14.4. The lowest BCUT2D eigenvalue weighted by molar-refractivity contribution is 0.0764. The highest BCUT2D eigenvalue weighted by molar-refractivity contribution is 7.89. The van der Waals surface area contributed by atoms with E-state index in [0.717, 1.165) is 0 Å². The monoisotopic (exact) mass is 362 g/mol. The molecule has 0 atom stereocenters. The molecule has 3 rings (SSSR count). The second-order valence-electron chi connectivity index (χ2n) is 6.18. The van der Waals surface area contributed by atoms with Crippen LogP contribution in [-0.2, 0) is 10.0 Å². The lowest BCUT2D eigenvalue weighted by Gasteiger charge is -2.22. The van der Waals surface area contributed by atoms with Crippen LogP contribution in [0, 0.1) is 13.8 Å². The standard InChI is InChI=1S/C17H22N4O3S/c1-13-16(14(2)19-18-13)25(23,24)21-10-6-9-20(11-12-21)17(22)15-7-4-3-5-8-15/h3-5,7-8H,6,9-12H2,1-2H3,(H,18,19). The van der Waals surface area contributed by atoms with Crippen molar-refractivity contribution in [2.24, 2.45) is 0 Å². The van der Waals surface area contributed by atoms with E-state index in [0.29, 0.717) is 43.0 Å². The van der Waals surface area contributed by atoms with Crippen molar-refractivity contribution in [3.05, 3.63) is 47.3 Å². The van der Waals surface area contributed by atoms with Crippen LogP contribution in [0.5, 0.6) is 0 Å². The van der Waals surface area contributed by atoms with Gasteiger partial charge in [-0.1, -0.05) is 18.2 Å². The Hall–Kier alpha value is -2.19. The number of H-pyrrole nitrogens is 1. The normalized spacial score (nSPS) is 16.6. The molecule has 1 fully saturated rings. The van der Waals surface area contributed by atoms with Crippen molar-refractivity contribution in [1.29, 1.82) is 0 Å². The maximum absolute atomic E-state index is 13.0. The minimum atomic E-state index is -3.62. The molecule has 0 radical (unpaired) electrons. The van der Waals surface area contributed by atoms with Crippen molar-refractivity contribution >= 4 is 15.9 Å². The summed E-state index contributed by atoms with van der Waals surface area (Å²) in [7, 11) is -3.62. The van der Waals surface area contributed by atoms with E-state index in [9.17, 15) is 13.2 Å². The van der Waals surface area contributed by atoms with E-state index in [2.05, 4.69) is 10.2 Å². The second-order valence-corrected chi connectivity index (χ2v) is 8.05. The highest BCUT2D eigenvalue weighted by Crippen LogP contribution is 2.23. The van der Waals surface area contributed by atoms with Crippen LogP contribution in [0.25, 0.3) is 0 Å². The fourth-order valence-electron chi connectivity index (χ4n) is 3.15. The van der Waals surface area contributed by atoms with E-state index < -0.39 is 10.0 Å². The van der Waals surface area contributed by atoms with Gasteiger partial charge in [0.05, 0.1) is 11.4 Å². The van der Waals surface area contributed by atoms with Crippen molar-refractivity contribution in [3.63, 3.8) is 0 Å². The van der Waals surface area contributed by atoms with Gasteiger partial charge in [0.2, 0.25) is 10.0 Å². The largest absolute Gasteiger partial charge is 0.337 e. The van der Waals surface area contributed by atoms with Crippen molar-refractivity contribution in [2.45, 2.75) is 25.2 Å².